The lowest BCUT2D eigenvalue weighted by atomic mass is 10.4. The van der Waals surface area contributed by atoms with Crippen LogP contribution in [-0.4, -0.2) is 19.9 Å². The Kier molecular flexibility index (Phi) is 2.61. The number of rotatable bonds is 3. The first-order valence-corrected chi connectivity index (χ1v) is 4.13. The fourth-order valence-corrected chi connectivity index (χ4v) is 0.946. The fourth-order valence-electron chi connectivity index (χ4n) is 0.946. The summed E-state index contributed by atoms with van der Waals surface area (Å²) in [6.07, 6.45) is 7.53. The Morgan fingerprint density at radius 1 is 1.29 bits per heavy atom. The number of nitrogens with one attached hydrogen (secondary N) is 1. The van der Waals surface area contributed by atoms with Gasteiger partial charge in [-0.05, 0) is 12.1 Å². The molecule has 0 atom stereocenters. The summed E-state index contributed by atoms with van der Waals surface area (Å²) < 4.78 is 0. The largest absolute Gasteiger partial charge is 0.349 e. The molecule has 0 unspecified atom stereocenters. The number of aromatic nitrogens is 4. The molecule has 0 amide bonds. The van der Waals surface area contributed by atoms with Gasteiger partial charge in [-0.25, -0.2) is 19.9 Å². The minimum atomic E-state index is 0.547. The average Bonchev–Trinajstić information content (AvgIpc) is 2.29. The maximum atomic E-state index is 4.05. The molecule has 0 fully saturated rings. The van der Waals surface area contributed by atoms with Gasteiger partial charge in [-0.1, -0.05) is 0 Å². The minimum absolute atomic E-state index is 0.547. The zero-order chi connectivity index (χ0) is 9.64. The van der Waals surface area contributed by atoms with E-state index in [0.29, 0.717) is 12.5 Å². The van der Waals surface area contributed by atoms with Crippen molar-refractivity contribution in [2.45, 2.75) is 6.54 Å². The Bertz CT molecular complexity index is 335. The van der Waals surface area contributed by atoms with Crippen LogP contribution in [-0.2, 0) is 6.54 Å². The molecule has 2 aromatic heterocycles. The van der Waals surface area contributed by atoms with Crippen molar-refractivity contribution in [3.63, 3.8) is 0 Å². The molecule has 0 saturated heterocycles. The van der Waals surface area contributed by atoms with Gasteiger partial charge in [0.1, 0.15) is 6.33 Å². The van der Waals surface area contributed by atoms with Gasteiger partial charge in [-0.3, -0.25) is 0 Å². The van der Waals surface area contributed by atoms with Crippen molar-refractivity contribution >= 4 is 5.95 Å². The number of hydrogen-bond donors (Lipinski definition) is 1. The summed E-state index contributed by atoms with van der Waals surface area (Å²) in [4.78, 5) is 15.8. The Labute approximate surface area is 81.3 Å². The smallest absolute Gasteiger partial charge is 0.223 e. The van der Waals surface area contributed by atoms with E-state index in [1.165, 1.54) is 6.33 Å². The molecule has 14 heavy (non-hydrogen) atoms. The Balaban J connectivity index is 1.96. The third kappa shape index (κ3) is 2.22. The third-order valence-electron chi connectivity index (χ3n) is 1.59. The van der Waals surface area contributed by atoms with E-state index in [2.05, 4.69) is 31.4 Å². The summed E-state index contributed by atoms with van der Waals surface area (Å²) in [5, 5.41) is 3.02. The second-order valence-electron chi connectivity index (χ2n) is 2.56. The molecule has 69 valence electrons. The van der Waals surface area contributed by atoms with Gasteiger partial charge in [0.05, 0.1) is 18.4 Å². The molecule has 0 aliphatic heterocycles. The van der Waals surface area contributed by atoms with Gasteiger partial charge in [0, 0.05) is 12.4 Å². The van der Waals surface area contributed by atoms with Crippen molar-refractivity contribution in [1.82, 2.24) is 19.9 Å². The van der Waals surface area contributed by atoms with Crippen LogP contribution < -0.4 is 5.32 Å². The lowest BCUT2D eigenvalue weighted by Gasteiger charge is -2.01. The van der Waals surface area contributed by atoms with Crippen LogP contribution in [0.15, 0.2) is 30.9 Å². The number of anilines is 1. The van der Waals surface area contributed by atoms with Crippen LogP contribution in [0.1, 0.15) is 5.69 Å². The first-order chi connectivity index (χ1) is 6.95. The zero-order valence-corrected chi connectivity index (χ0v) is 7.38. The van der Waals surface area contributed by atoms with Crippen molar-refractivity contribution in [2.75, 3.05) is 5.32 Å². The van der Waals surface area contributed by atoms with Gasteiger partial charge in [0.15, 0.2) is 0 Å². The molecule has 2 heterocycles. The van der Waals surface area contributed by atoms with Crippen LogP contribution in [0.4, 0.5) is 5.95 Å². The number of hydrogen-bond acceptors (Lipinski definition) is 5. The SMILES string of the molecule is [c]1ccnc(NCc2ccncn2)n1. The highest BCUT2D eigenvalue weighted by Crippen LogP contribution is 1.97. The Morgan fingerprint density at radius 3 is 3.00 bits per heavy atom. The predicted molar refractivity (Wildman–Crippen MR) is 50.2 cm³/mol. The third-order valence-corrected chi connectivity index (χ3v) is 1.59. The molecule has 2 rings (SSSR count). The molecule has 1 N–H and O–H groups in total. The first-order valence-electron chi connectivity index (χ1n) is 4.13. The van der Waals surface area contributed by atoms with Crippen molar-refractivity contribution in [1.29, 1.82) is 0 Å². The van der Waals surface area contributed by atoms with E-state index >= 15 is 0 Å². The van der Waals surface area contributed by atoms with E-state index in [9.17, 15) is 0 Å². The molecule has 0 saturated carbocycles. The summed E-state index contributed by atoms with van der Waals surface area (Å²) in [5.41, 5.74) is 0.896. The molecular weight excluding hydrogens is 178 g/mol. The minimum Gasteiger partial charge on any atom is -0.349 e. The van der Waals surface area contributed by atoms with Gasteiger partial charge in [-0.2, -0.15) is 0 Å². The van der Waals surface area contributed by atoms with E-state index in [0.717, 1.165) is 5.69 Å². The zero-order valence-electron chi connectivity index (χ0n) is 7.38. The summed E-state index contributed by atoms with van der Waals surface area (Å²) in [5.74, 6) is 0.547. The Morgan fingerprint density at radius 2 is 2.29 bits per heavy atom. The Hall–Kier alpha value is -2.04. The maximum absolute atomic E-state index is 4.05. The van der Waals surface area contributed by atoms with E-state index in [1.807, 2.05) is 6.07 Å². The fraction of sp³-hybridized carbons (Fsp3) is 0.111. The molecule has 0 bridgehead atoms. The topological polar surface area (TPSA) is 63.6 Å². The van der Waals surface area contributed by atoms with Gasteiger partial charge >= 0.3 is 0 Å². The molecule has 5 nitrogen and oxygen atoms in total. The predicted octanol–water partition coefficient (Wildman–Crippen LogP) is 0.679. The van der Waals surface area contributed by atoms with Crippen molar-refractivity contribution in [3.8, 4) is 0 Å². The molecule has 0 aliphatic carbocycles. The van der Waals surface area contributed by atoms with Crippen LogP contribution in [0.2, 0.25) is 0 Å². The molecule has 1 radical (unpaired) electrons. The van der Waals surface area contributed by atoms with Crippen LogP contribution in [0.3, 0.4) is 0 Å². The molecule has 0 spiro atoms. The van der Waals surface area contributed by atoms with Crippen LogP contribution in [0.5, 0.6) is 0 Å². The van der Waals surface area contributed by atoms with E-state index < -0.39 is 0 Å². The summed E-state index contributed by atoms with van der Waals surface area (Å²) in [6, 6.07) is 3.48. The van der Waals surface area contributed by atoms with E-state index in [1.54, 1.807) is 18.5 Å². The van der Waals surface area contributed by atoms with E-state index in [-0.39, 0.29) is 0 Å². The molecule has 5 heteroatoms. The maximum Gasteiger partial charge on any atom is 0.223 e. The van der Waals surface area contributed by atoms with Crippen molar-refractivity contribution in [3.05, 3.63) is 42.7 Å². The summed E-state index contributed by atoms with van der Waals surface area (Å²) in [6.45, 7) is 0.584. The summed E-state index contributed by atoms with van der Waals surface area (Å²) >= 11 is 0. The highest BCUT2D eigenvalue weighted by Gasteiger charge is 1.94. The molecular formula is C9H8N5. The lowest BCUT2D eigenvalue weighted by molar-refractivity contribution is 0.977. The lowest BCUT2D eigenvalue weighted by Crippen LogP contribution is -2.04. The standard InChI is InChI=1S/C9H8N5/c1-3-11-9(12-4-1)13-6-8-2-5-10-7-14-8/h1-3,5,7H,6H2,(H,11,12,13). The second-order valence-corrected chi connectivity index (χ2v) is 2.56. The van der Waals surface area contributed by atoms with Crippen LogP contribution >= 0.6 is 0 Å². The highest BCUT2D eigenvalue weighted by atomic mass is 15.1. The van der Waals surface area contributed by atoms with Crippen molar-refractivity contribution in [2.24, 2.45) is 0 Å². The van der Waals surface area contributed by atoms with Crippen LogP contribution in [0.25, 0.3) is 0 Å². The van der Waals surface area contributed by atoms with Gasteiger partial charge in [0.25, 0.3) is 0 Å². The quantitative estimate of drug-likeness (QED) is 0.763. The second kappa shape index (κ2) is 4.27. The number of nitrogens with zero attached hydrogens (tertiary/aromatic N) is 4. The molecule has 0 aliphatic rings. The highest BCUT2D eigenvalue weighted by molar-refractivity contribution is 5.23. The van der Waals surface area contributed by atoms with Gasteiger partial charge < -0.3 is 5.32 Å². The summed E-state index contributed by atoms with van der Waals surface area (Å²) in [7, 11) is 0. The normalized spacial score (nSPS) is 9.71. The first kappa shape index (κ1) is 8.55. The monoisotopic (exact) mass is 186 g/mol. The van der Waals surface area contributed by atoms with Crippen LogP contribution in [0, 0.1) is 6.20 Å². The molecule has 0 aromatic carbocycles. The molecule has 2 aromatic rings. The van der Waals surface area contributed by atoms with Gasteiger partial charge in [-0.15, -0.1) is 0 Å². The van der Waals surface area contributed by atoms with Gasteiger partial charge in [0.2, 0.25) is 5.95 Å². The average molecular weight is 186 g/mol. The van der Waals surface area contributed by atoms with E-state index in [4.69, 9.17) is 0 Å². The van der Waals surface area contributed by atoms with Crippen molar-refractivity contribution < 1.29 is 0 Å².